The quantitative estimate of drug-likeness (QED) is 0.619. The van der Waals surface area contributed by atoms with Crippen LogP contribution in [0.25, 0.3) is 0 Å². The summed E-state index contributed by atoms with van der Waals surface area (Å²) in [6, 6.07) is 8.38. The fourth-order valence-corrected chi connectivity index (χ4v) is 2.11. The van der Waals surface area contributed by atoms with Crippen molar-refractivity contribution in [3.05, 3.63) is 35.4 Å². The first-order chi connectivity index (χ1) is 8.18. The maximum atomic E-state index is 10.6. The summed E-state index contributed by atoms with van der Waals surface area (Å²) in [6.07, 6.45) is 3.19. The van der Waals surface area contributed by atoms with Crippen LogP contribution in [-0.4, -0.2) is 16.8 Å². The molecule has 0 heterocycles. The summed E-state index contributed by atoms with van der Waals surface area (Å²) in [6.45, 7) is 1.49. The van der Waals surface area contributed by atoms with Crippen molar-refractivity contribution < 1.29 is 9.90 Å². The van der Waals surface area contributed by atoms with Crippen LogP contribution in [-0.2, 0) is 11.2 Å². The Morgan fingerprint density at radius 1 is 1.47 bits per heavy atom. The average Bonchev–Trinajstić information content (AvgIpc) is 2.35. The molecule has 1 aromatic carbocycles. The molecule has 1 unspecified atom stereocenters. The van der Waals surface area contributed by atoms with Gasteiger partial charge in [0.15, 0.2) is 0 Å². The van der Waals surface area contributed by atoms with Gasteiger partial charge in [-0.25, -0.2) is 4.79 Å². The molecule has 0 saturated heterocycles. The fourth-order valence-electron chi connectivity index (χ4n) is 2.11. The molecule has 0 saturated carbocycles. The van der Waals surface area contributed by atoms with E-state index < -0.39 is 5.97 Å². The van der Waals surface area contributed by atoms with Crippen molar-refractivity contribution in [3.8, 4) is 0 Å². The van der Waals surface area contributed by atoms with Crippen LogP contribution < -0.4 is 5.43 Å². The zero-order valence-electron chi connectivity index (χ0n) is 9.81. The molecular formula is C13H16N2O2. The normalized spacial score (nSPS) is 19.6. The highest BCUT2D eigenvalue weighted by molar-refractivity contribution is 6.34. The van der Waals surface area contributed by atoms with E-state index in [1.54, 1.807) is 0 Å². The van der Waals surface area contributed by atoms with Crippen LogP contribution in [0.3, 0.4) is 0 Å². The Kier molecular flexibility index (Phi) is 3.42. The summed E-state index contributed by atoms with van der Waals surface area (Å²) in [5.41, 5.74) is 5.63. The summed E-state index contributed by atoms with van der Waals surface area (Å²) in [5, 5.41) is 12.6. The Hall–Kier alpha value is -1.84. The molecule has 4 nitrogen and oxygen atoms in total. The Bertz CT molecular complexity index is 454. The number of carboxylic acids is 1. The second-order valence-corrected chi connectivity index (χ2v) is 4.28. The van der Waals surface area contributed by atoms with Gasteiger partial charge in [-0.3, -0.25) is 0 Å². The van der Waals surface area contributed by atoms with E-state index in [1.165, 1.54) is 18.1 Å². The molecule has 0 spiro atoms. The fraction of sp³-hybridized carbons (Fsp3) is 0.385. The molecule has 0 aliphatic heterocycles. The number of carboxylic acid groups (broad SMARTS) is 1. The number of fused-ring (bicyclic) bond motifs is 1. The molecule has 90 valence electrons. The first-order valence-electron chi connectivity index (χ1n) is 5.79. The molecule has 0 amide bonds. The molecular weight excluding hydrogens is 216 g/mol. The Labute approximate surface area is 100 Å². The van der Waals surface area contributed by atoms with Gasteiger partial charge in [-0.15, -0.1) is 0 Å². The molecule has 0 bridgehead atoms. The number of nitrogens with one attached hydrogen (secondary N) is 1. The molecule has 1 aliphatic carbocycles. The molecule has 1 aromatic rings. The van der Waals surface area contributed by atoms with Crippen molar-refractivity contribution in [2.45, 2.75) is 32.2 Å². The lowest BCUT2D eigenvalue weighted by Gasteiger charge is -2.25. The van der Waals surface area contributed by atoms with Gasteiger partial charge in [0.1, 0.15) is 5.71 Å². The zero-order valence-corrected chi connectivity index (χ0v) is 9.81. The van der Waals surface area contributed by atoms with Gasteiger partial charge in [-0.1, -0.05) is 24.3 Å². The first-order valence-corrected chi connectivity index (χ1v) is 5.79. The summed E-state index contributed by atoms with van der Waals surface area (Å²) in [7, 11) is 0. The van der Waals surface area contributed by atoms with Crippen LogP contribution in [0.5, 0.6) is 0 Å². The molecule has 0 fully saturated rings. The number of hydrogen-bond acceptors (Lipinski definition) is 3. The van der Waals surface area contributed by atoms with Gasteiger partial charge in [0.25, 0.3) is 0 Å². The predicted molar refractivity (Wildman–Crippen MR) is 66.0 cm³/mol. The molecule has 4 heteroatoms. The number of nitrogens with zero attached hydrogens (tertiary/aromatic N) is 1. The van der Waals surface area contributed by atoms with E-state index in [9.17, 15) is 4.79 Å². The number of rotatable bonds is 3. The average molecular weight is 232 g/mol. The van der Waals surface area contributed by atoms with Crippen LogP contribution in [0.2, 0.25) is 0 Å². The number of carbonyl (C=O) groups is 1. The van der Waals surface area contributed by atoms with Gasteiger partial charge >= 0.3 is 5.97 Å². The Morgan fingerprint density at radius 2 is 2.24 bits per heavy atom. The van der Waals surface area contributed by atoms with Crippen molar-refractivity contribution >= 4 is 11.7 Å². The lowest BCUT2D eigenvalue weighted by Crippen LogP contribution is -2.23. The highest BCUT2D eigenvalue weighted by Crippen LogP contribution is 2.29. The topological polar surface area (TPSA) is 61.7 Å². The van der Waals surface area contributed by atoms with E-state index in [1.807, 2.05) is 12.1 Å². The summed E-state index contributed by atoms with van der Waals surface area (Å²) in [5.74, 6) is -0.985. The molecule has 1 atom stereocenters. The SMILES string of the molecule is CC(=NNC1CCCc2ccccc21)C(=O)O. The van der Waals surface area contributed by atoms with Crippen molar-refractivity contribution in [3.63, 3.8) is 0 Å². The van der Waals surface area contributed by atoms with E-state index in [4.69, 9.17) is 5.11 Å². The number of aryl methyl sites for hydroxylation is 1. The summed E-state index contributed by atoms with van der Waals surface area (Å²) < 4.78 is 0. The summed E-state index contributed by atoms with van der Waals surface area (Å²) in [4.78, 5) is 10.6. The highest BCUT2D eigenvalue weighted by Gasteiger charge is 2.19. The molecule has 0 radical (unpaired) electrons. The predicted octanol–water partition coefficient (Wildman–Crippen LogP) is 2.11. The second-order valence-electron chi connectivity index (χ2n) is 4.28. The summed E-state index contributed by atoms with van der Waals surface area (Å²) >= 11 is 0. The van der Waals surface area contributed by atoms with Crippen molar-refractivity contribution in [1.29, 1.82) is 0 Å². The zero-order chi connectivity index (χ0) is 12.3. The van der Waals surface area contributed by atoms with Gasteiger partial charge in [-0.05, 0) is 37.3 Å². The minimum Gasteiger partial charge on any atom is -0.477 e. The smallest absolute Gasteiger partial charge is 0.351 e. The van der Waals surface area contributed by atoms with Gasteiger partial charge in [0, 0.05) is 0 Å². The van der Waals surface area contributed by atoms with Crippen LogP contribution in [0.1, 0.15) is 36.9 Å². The van der Waals surface area contributed by atoms with Crippen molar-refractivity contribution in [1.82, 2.24) is 5.43 Å². The number of hydrazone groups is 1. The Morgan fingerprint density at radius 3 is 3.00 bits per heavy atom. The largest absolute Gasteiger partial charge is 0.477 e. The minimum absolute atomic E-state index is 0.0908. The van der Waals surface area contributed by atoms with Gasteiger partial charge < -0.3 is 10.5 Å². The second kappa shape index (κ2) is 4.99. The monoisotopic (exact) mass is 232 g/mol. The van der Waals surface area contributed by atoms with Crippen LogP contribution >= 0.6 is 0 Å². The van der Waals surface area contributed by atoms with E-state index in [0.717, 1.165) is 19.3 Å². The third-order valence-electron chi connectivity index (χ3n) is 3.07. The standard InChI is InChI=1S/C13H16N2O2/c1-9(13(16)17)14-15-12-8-4-6-10-5-2-3-7-11(10)12/h2-3,5,7,12,15H,4,6,8H2,1H3,(H,16,17). The van der Waals surface area contributed by atoms with E-state index in [2.05, 4.69) is 22.7 Å². The third-order valence-corrected chi connectivity index (χ3v) is 3.07. The van der Waals surface area contributed by atoms with Crippen molar-refractivity contribution in [2.24, 2.45) is 5.10 Å². The molecule has 2 N–H and O–H groups in total. The van der Waals surface area contributed by atoms with Gasteiger partial charge in [-0.2, -0.15) is 5.10 Å². The molecule has 0 aromatic heterocycles. The van der Waals surface area contributed by atoms with Gasteiger partial charge in [0.05, 0.1) is 6.04 Å². The number of aliphatic carboxylic acids is 1. The van der Waals surface area contributed by atoms with Crippen LogP contribution in [0.4, 0.5) is 0 Å². The highest BCUT2D eigenvalue weighted by atomic mass is 16.4. The first kappa shape index (κ1) is 11.6. The number of hydrogen-bond donors (Lipinski definition) is 2. The van der Waals surface area contributed by atoms with Gasteiger partial charge in [0.2, 0.25) is 0 Å². The van der Waals surface area contributed by atoms with Crippen LogP contribution in [0, 0.1) is 0 Å². The lowest BCUT2D eigenvalue weighted by molar-refractivity contribution is -0.129. The third kappa shape index (κ3) is 2.64. The van der Waals surface area contributed by atoms with E-state index in [-0.39, 0.29) is 11.8 Å². The Balaban J connectivity index is 2.14. The molecule has 1 aliphatic rings. The lowest BCUT2D eigenvalue weighted by atomic mass is 9.88. The minimum atomic E-state index is -0.985. The number of benzene rings is 1. The van der Waals surface area contributed by atoms with Crippen molar-refractivity contribution in [2.75, 3.05) is 0 Å². The maximum absolute atomic E-state index is 10.6. The van der Waals surface area contributed by atoms with E-state index >= 15 is 0 Å². The van der Waals surface area contributed by atoms with E-state index in [0.29, 0.717) is 0 Å². The van der Waals surface area contributed by atoms with Crippen LogP contribution in [0.15, 0.2) is 29.4 Å². The molecule has 17 heavy (non-hydrogen) atoms. The molecule has 2 rings (SSSR count). The maximum Gasteiger partial charge on any atom is 0.351 e.